The summed E-state index contributed by atoms with van der Waals surface area (Å²) in [5.74, 6) is 0.949. The number of nitrogens with one attached hydrogen (secondary N) is 1. The normalized spacial score (nSPS) is 25.0. The Hall–Kier alpha value is -0.940. The van der Waals surface area contributed by atoms with Gasteiger partial charge in [0, 0.05) is 17.0 Å². The van der Waals surface area contributed by atoms with Gasteiger partial charge in [0.1, 0.15) is 5.01 Å². The van der Waals surface area contributed by atoms with Gasteiger partial charge in [0.2, 0.25) is 5.91 Å². The Morgan fingerprint density at radius 2 is 2.21 bits per heavy atom. The smallest absolute Gasteiger partial charge is 0.223 e. The lowest BCUT2D eigenvalue weighted by Crippen LogP contribution is -2.35. The van der Waals surface area contributed by atoms with Gasteiger partial charge in [-0.05, 0) is 52.0 Å². The third-order valence-electron chi connectivity index (χ3n) is 3.92. The molecule has 1 heterocycles. The molecule has 1 aromatic heterocycles. The predicted molar refractivity (Wildman–Crippen MR) is 77.9 cm³/mol. The molecule has 2 rings (SSSR count). The third kappa shape index (κ3) is 3.76. The SMILES string of the molecule is Cc1cnc(C(C)NC(=O)C2CCC(CN)CC2)s1. The Balaban J connectivity index is 1.84. The molecule has 1 saturated carbocycles. The zero-order valence-corrected chi connectivity index (χ0v) is 12.5. The summed E-state index contributed by atoms with van der Waals surface area (Å²) in [5.41, 5.74) is 5.68. The lowest BCUT2D eigenvalue weighted by atomic mass is 9.81. The number of hydrogen-bond donors (Lipinski definition) is 2. The number of carbonyl (C=O) groups is 1. The van der Waals surface area contributed by atoms with Crippen LogP contribution in [0, 0.1) is 18.8 Å². The molecule has 4 nitrogen and oxygen atoms in total. The number of aryl methyl sites for hydroxylation is 1. The Morgan fingerprint density at radius 3 is 2.74 bits per heavy atom. The molecule has 1 aliphatic rings. The maximum atomic E-state index is 12.2. The zero-order valence-electron chi connectivity index (χ0n) is 11.7. The Morgan fingerprint density at radius 1 is 1.53 bits per heavy atom. The van der Waals surface area contributed by atoms with E-state index < -0.39 is 0 Å². The zero-order chi connectivity index (χ0) is 13.8. The average Bonchev–Trinajstić information content (AvgIpc) is 2.85. The first kappa shape index (κ1) is 14.5. The van der Waals surface area contributed by atoms with Crippen molar-refractivity contribution in [2.45, 2.75) is 45.6 Å². The standard InChI is InChI=1S/C14H23N3OS/c1-9-8-16-14(19-9)10(2)17-13(18)12-5-3-11(7-15)4-6-12/h8,10-12H,3-7,15H2,1-2H3,(H,17,18). The highest BCUT2D eigenvalue weighted by atomic mass is 32.1. The topological polar surface area (TPSA) is 68.0 Å². The van der Waals surface area contributed by atoms with Crippen LogP contribution in [0.2, 0.25) is 0 Å². The second kappa shape index (κ2) is 6.48. The molecule has 0 aliphatic heterocycles. The third-order valence-corrected chi connectivity index (χ3v) is 5.01. The van der Waals surface area contributed by atoms with E-state index in [-0.39, 0.29) is 17.9 Å². The summed E-state index contributed by atoms with van der Waals surface area (Å²) in [7, 11) is 0. The molecule has 106 valence electrons. The number of aromatic nitrogens is 1. The number of rotatable bonds is 4. The van der Waals surface area contributed by atoms with Crippen molar-refractivity contribution >= 4 is 17.2 Å². The highest BCUT2D eigenvalue weighted by molar-refractivity contribution is 7.11. The van der Waals surface area contributed by atoms with Crippen molar-refractivity contribution in [3.8, 4) is 0 Å². The van der Waals surface area contributed by atoms with Crippen LogP contribution in [0.25, 0.3) is 0 Å². The molecule has 5 heteroatoms. The molecule has 1 aromatic rings. The van der Waals surface area contributed by atoms with E-state index in [1.165, 1.54) is 4.88 Å². The molecule has 1 atom stereocenters. The summed E-state index contributed by atoms with van der Waals surface area (Å²) in [6, 6.07) is 0.0124. The number of hydrogen-bond acceptors (Lipinski definition) is 4. The Bertz CT molecular complexity index is 424. The molecule has 19 heavy (non-hydrogen) atoms. The van der Waals surface area contributed by atoms with Crippen molar-refractivity contribution in [1.29, 1.82) is 0 Å². The van der Waals surface area contributed by atoms with Crippen molar-refractivity contribution in [1.82, 2.24) is 10.3 Å². The van der Waals surface area contributed by atoms with Gasteiger partial charge < -0.3 is 11.1 Å². The van der Waals surface area contributed by atoms with Crippen LogP contribution < -0.4 is 11.1 Å². The molecular formula is C14H23N3OS. The van der Waals surface area contributed by atoms with Crippen molar-refractivity contribution in [2.75, 3.05) is 6.54 Å². The van der Waals surface area contributed by atoms with Crippen LogP contribution in [-0.2, 0) is 4.79 Å². The number of amides is 1. The summed E-state index contributed by atoms with van der Waals surface area (Å²) in [5, 5.41) is 4.08. The van der Waals surface area contributed by atoms with E-state index in [1.54, 1.807) is 11.3 Å². The molecule has 0 radical (unpaired) electrons. The largest absolute Gasteiger partial charge is 0.347 e. The second-order valence-corrected chi connectivity index (χ2v) is 6.76. The van der Waals surface area contributed by atoms with Crippen LogP contribution in [0.1, 0.15) is 48.5 Å². The molecule has 0 spiro atoms. The van der Waals surface area contributed by atoms with E-state index in [1.807, 2.05) is 20.0 Å². The van der Waals surface area contributed by atoms with Gasteiger partial charge in [-0.1, -0.05) is 0 Å². The number of nitrogens with zero attached hydrogens (tertiary/aromatic N) is 1. The van der Waals surface area contributed by atoms with E-state index >= 15 is 0 Å². The fourth-order valence-corrected chi connectivity index (χ4v) is 3.40. The monoisotopic (exact) mass is 281 g/mol. The predicted octanol–water partition coefficient (Wildman–Crippen LogP) is 2.39. The molecular weight excluding hydrogens is 258 g/mol. The van der Waals surface area contributed by atoms with Gasteiger partial charge in [0.05, 0.1) is 6.04 Å². The lowest BCUT2D eigenvalue weighted by Gasteiger charge is -2.27. The summed E-state index contributed by atoms with van der Waals surface area (Å²) in [6.07, 6.45) is 5.96. The van der Waals surface area contributed by atoms with E-state index in [0.29, 0.717) is 5.92 Å². The van der Waals surface area contributed by atoms with Crippen LogP contribution in [0.4, 0.5) is 0 Å². The van der Waals surface area contributed by atoms with Gasteiger partial charge in [-0.15, -0.1) is 11.3 Å². The van der Waals surface area contributed by atoms with Crippen molar-refractivity contribution in [2.24, 2.45) is 17.6 Å². The fourth-order valence-electron chi connectivity index (χ4n) is 2.63. The quantitative estimate of drug-likeness (QED) is 0.890. The number of thiazole rings is 1. The first-order valence-electron chi connectivity index (χ1n) is 7.03. The fraction of sp³-hybridized carbons (Fsp3) is 0.714. The summed E-state index contributed by atoms with van der Waals surface area (Å²) in [6.45, 7) is 4.79. The maximum absolute atomic E-state index is 12.2. The van der Waals surface area contributed by atoms with Gasteiger partial charge >= 0.3 is 0 Å². The highest BCUT2D eigenvalue weighted by Crippen LogP contribution is 2.29. The minimum absolute atomic E-state index is 0.0124. The van der Waals surface area contributed by atoms with Crippen molar-refractivity contribution in [3.63, 3.8) is 0 Å². The van der Waals surface area contributed by atoms with Gasteiger partial charge in [-0.3, -0.25) is 4.79 Å². The molecule has 0 aromatic carbocycles. The van der Waals surface area contributed by atoms with E-state index in [4.69, 9.17) is 5.73 Å². The molecule has 1 aliphatic carbocycles. The van der Waals surface area contributed by atoms with Gasteiger partial charge in [-0.2, -0.15) is 0 Å². The summed E-state index contributed by atoms with van der Waals surface area (Å²) < 4.78 is 0. The highest BCUT2D eigenvalue weighted by Gasteiger charge is 2.26. The minimum atomic E-state index is 0.0124. The molecule has 1 amide bonds. The lowest BCUT2D eigenvalue weighted by molar-refractivity contribution is -0.126. The number of nitrogens with two attached hydrogens (primary N) is 1. The van der Waals surface area contributed by atoms with Gasteiger partial charge in [0.15, 0.2) is 0 Å². The number of carbonyl (C=O) groups excluding carboxylic acids is 1. The van der Waals surface area contributed by atoms with Crippen LogP contribution in [0.5, 0.6) is 0 Å². The van der Waals surface area contributed by atoms with Crippen molar-refractivity contribution < 1.29 is 4.79 Å². The summed E-state index contributed by atoms with van der Waals surface area (Å²) in [4.78, 5) is 17.7. The van der Waals surface area contributed by atoms with Crippen LogP contribution in [-0.4, -0.2) is 17.4 Å². The van der Waals surface area contributed by atoms with Crippen LogP contribution >= 0.6 is 11.3 Å². The molecule has 0 saturated heterocycles. The Labute approximate surface area is 118 Å². The van der Waals surface area contributed by atoms with Gasteiger partial charge in [0.25, 0.3) is 0 Å². The molecule has 3 N–H and O–H groups in total. The Kier molecular flexibility index (Phi) is 4.93. The van der Waals surface area contributed by atoms with E-state index in [2.05, 4.69) is 10.3 Å². The van der Waals surface area contributed by atoms with Crippen LogP contribution in [0.15, 0.2) is 6.20 Å². The van der Waals surface area contributed by atoms with Crippen LogP contribution in [0.3, 0.4) is 0 Å². The first-order chi connectivity index (χ1) is 9.10. The van der Waals surface area contributed by atoms with E-state index in [9.17, 15) is 4.79 Å². The summed E-state index contributed by atoms with van der Waals surface area (Å²) >= 11 is 1.65. The second-order valence-electron chi connectivity index (χ2n) is 5.49. The average molecular weight is 281 g/mol. The van der Waals surface area contributed by atoms with Gasteiger partial charge in [-0.25, -0.2) is 4.98 Å². The molecule has 1 fully saturated rings. The molecule has 0 bridgehead atoms. The maximum Gasteiger partial charge on any atom is 0.223 e. The minimum Gasteiger partial charge on any atom is -0.347 e. The van der Waals surface area contributed by atoms with E-state index in [0.717, 1.165) is 37.2 Å². The first-order valence-corrected chi connectivity index (χ1v) is 7.84. The van der Waals surface area contributed by atoms with Crippen molar-refractivity contribution in [3.05, 3.63) is 16.1 Å². The molecule has 1 unspecified atom stereocenters.